The van der Waals surface area contributed by atoms with Crippen molar-refractivity contribution < 1.29 is 0 Å². The molecule has 0 amide bonds. The van der Waals surface area contributed by atoms with Gasteiger partial charge in [0.15, 0.2) is 4.96 Å². The fourth-order valence-corrected chi connectivity index (χ4v) is 2.95. The van der Waals surface area contributed by atoms with Crippen LogP contribution in [0.2, 0.25) is 0 Å². The first-order valence-corrected chi connectivity index (χ1v) is 7.45. The van der Waals surface area contributed by atoms with Crippen molar-refractivity contribution in [3.8, 4) is 0 Å². The predicted molar refractivity (Wildman–Crippen MR) is 78.3 cm³/mol. The Morgan fingerprint density at radius 3 is 2.78 bits per heavy atom. The fourth-order valence-electron chi connectivity index (χ4n) is 2.02. The fraction of sp³-hybridized carbons (Fsp3) is 0.643. The first-order valence-electron chi connectivity index (χ1n) is 6.57. The van der Waals surface area contributed by atoms with E-state index in [9.17, 15) is 0 Å². The molecule has 0 saturated carbocycles. The van der Waals surface area contributed by atoms with Gasteiger partial charge in [-0.3, -0.25) is 4.40 Å². The Bertz CT molecular complexity index is 536. The molecular formula is C14H23N3S. The number of rotatable bonds is 5. The molecule has 0 aliphatic rings. The van der Waals surface area contributed by atoms with Gasteiger partial charge in [-0.05, 0) is 25.7 Å². The summed E-state index contributed by atoms with van der Waals surface area (Å²) in [6.45, 7) is 13.0. The molecule has 0 aliphatic heterocycles. The third-order valence-corrected chi connectivity index (χ3v) is 4.63. The minimum Gasteiger partial charge on any atom is -0.311 e. The molecule has 0 fully saturated rings. The highest BCUT2D eigenvalue weighted by atomic mass is 32.1. The molecule has 0 atom stereocenters. The van der Waals surface area contributed by atoms with Gasteiger partial charge in [0.1, 0.15) is 0 Å². The Kier molecular flexibility index (Phi) is 3.78. The molecule has 100 valence electrons. The molecule has 2 aromatic rings. The lowest BCUT2D eigenvalue weighted by Gasteiger charge is -2.23. The second-order valence-electron chi connectivity index (χ2n) is 5.76. The molecule has 18 heavy (non-hydrogen) atoms. The monoisotopic (exact) mass is 265 g/mol. The molecule has 0 unspecified atom stereocenters. The van der Waals surface area contributed by atoms with Crippen LogP contribution < -0.4 is 5.32 Å². The molecule has 3 nitrogen and oxygen atoms in total. The summed E-state index contributed by atoms with van der Waals surface area (Å²) < 4.78 is 2.27. The standard InChI is InChI=1S/C14H23N3S/c1-6-14(4,5)9-15-7-12-11(3)16-13-17(12)10(2)8-18-13/h8,15H,6-7,9H2,1-5H3. The van der Waals surface area contributed by atoms with Crippen LogP contribution in [-0.2, 0) is 6.54 Å². The van der Waals surface area contributed by atoms with Crippen LogP contribution in [-0.4, -0.2) is 15.9 Å². The molecule has 0 bridgehead atoms. The third-order valence-electron chi connectivity index (χ3n) is 3.68. The van der Waals surface area contributed by atoms with Crippen molar-refractivity contribution in [2.45, 2.75) is 47.6 Å². The molecule has 0 aliphatic carbocycles. The minimum absolute atomic E-state index is 0.362. The van der Waals surface area contributed by atoms with Gasteiger partial charge in [-0.25, -0.2) is 4.98 Å². The largest absolute Gasteiger partial charge is 0.311 e. The van der Waals surface area contributed by atoms with E-state index in [4.69, 9.17) is 0 Å². The summed E-state index contributed by atoms with van der Waals surface area (Å²) >= 11 is 1.72. The van der Waals surface area contributed by atoms with E-state index in [-0.39, 0.29) is 0 Å². The maximum Gasteiger partial charge on any atom is 0.194 e. The highest BCUT2D eigenvalue weighted by molar-refractivity contribution is 7.15. The lowest BCUT2D eigenvalue weighted by atomic mass is 9.90. The van der Waals surface area contributed by atoms with Crippen LogP contribution >= 0.6 is 11.3 Å². The van der Waals surface area contributed by atoms with E-state index in [2.05, 4.69) is 54.7 Å². The number of nitrogens with zero attached hydrogens (tertiary/aromatic N) is 2. The second kappa shape index (κ2) is 5.02. The van der Waals surface area contributed by atoms with Crippen molar-refractivity contribution in [1.82, 2.24) is 14.7 Å². The smallest absolute Gasteiger partial charge is 0.194 e. The van der Waals surface area contributed by atoms with E-state index in [0.29, 0.717) is 5.41 Å². The topological polar surface area (TPSA) is 29.3 Å². The second-order valence-corrected chi connectivity index (χ2v) is 6.60. The van der Waals surface area contributed by atoms with Gasteiger partial charge in [-0.15, -0.1) is 11.3 Å². The summed E-state index contributed by atoms with van der Waals surface area (Å²) in [6.07, 6.45) is 1.19. The lowest BCUT2D eigenvalue weighted by molar-refractivity contribution is 0.326. The van der Waals surface area contributed by atoms with E-state index in [1.807, 2.05) is 0 Å². The van der Waals surface area contributed by atoms with Gasteiger partial charge < -0.3 is 5.32 Å². The number of fused-ring (bicyclic) bond motifs is 1. The van der Waals surface area contributed by atoms with Gasteiger partial charge in [0.05, 0.1) is 11.4 Å². The molecule has 0 aromatic carbocycles. The van der Waals surface area contributed by atoms with Crippen molar-refractivity contribution in [2.24, 2.45) is 5.41 Å². The maximum atomic E-state index is 4.61. The van der Waals surface area contributed by atoms with Gasteiger partial charge in [0.25, 0.3) is 0 Å². The molecule has 0 radical (unpaired) electrons. The Balaban J connectivity index is 2.12. The Labute approximate surface area is 113 Å². The van der Waals surface area contributed by atoms with Gasteiger partial charge in [-0.1, -0.05) is 20.8 Å². The number of aryl methyl sites for hydroxylation is 2. The van der Waals surface area contributed by atoms with Gasteiger partial charge in [0, 0.05) is 24.2 Å². The van der Waals surface area contributed by atoms with Crippen LogP contribution in [0.3, 0.4) is 0 Å². The SMILES string of the molecule is CCC(C)(C)CNCc1c(C)nc2scc(C)n12. The van der Waals surface area contributed by atoms with Gasteiger partial charge in [0.2, 0.25) is 0 Å². The number of nitrogens with one attached hydrogen (secondary N) is 1. The quantitative estimate of drug-likeness (QED) is 0.896. The molecule has 2 aromatic heterocycles. The van der Waals surface area contributed by atoms with Crippen LogP contribution in [0.1, 0.15) is 44.3 Å². The molecule has 1 N–H and O–H groups in total. The van der Waals surface area contributed by atoms with E-state index in [0.717, 1.165) is 23.7 Å². The van der Waals surface area contributed by atoms with Crippen molar-refractivity contribution in [1.29, 1.82) is 0 Å². The highest BCUT2D eigenvalue weighted by Crippen LogP contribution is 2.21. The van der Waals surface area contributed by atoms with E-state index >= 15 is 0 Å². The maximum absolute atomic E-state index is 4.61. The minimum atomic E-state index is 0.362. The summed E-state index contributed by atoms with van der Waals surface area (Å²) in [4.78, 5) is 5.72. The third kappa shape index (κ3) is 2.59. The summed E-state index contributed by atoms with van der Waals surface area (Å²) in [5, 5.41) is 5.74. The van der Waals surface area contributed by atoms with Crippen LogP contribution in [0.5, 0.6) is 0 Å². The van der Waals surface area contributed by atoms with Gasteiger partial charge in [-0.2, -0.15) is 0 Å². The average molecular weight is 265 g/mol. The summed E-state index contributed by atoms with van der Waals surface area (Å²) in [6, 6.07) is 0. The molecule has 2 heterocycles. The van der Waals surface area contributed by atoms with Gasteiger partial charge >= 0.3 is 0 Å². The Hall–Kier alpha value is -0.870. The molecule has 0 spiro atoms. The molecule has 2 rings (SSSR count). The van der Waals surface area contributed by atoms with E-state index < -0.39 is 0 Å². The first-order chi connectivity index (χ1) is 8.44. The van der Waals surface area contributed by atoms with Crippen LogP contribution in [0, 0.1) is 19.3 Å². The number of hydrogen-bond donors (Lipinski definition) is 1. The van der Waals surface area contributed by atoms with Crippen molar-refractivity contribution in [2.75, 3.05) is 6.54 Å². The average Bonchev–Trinajstić information content (AvgIpc) is 2.81. The zero-order valence-electron chi connectivity index (χ0n) is 12.0. The molecular weight excluding hydrogens is 242 g/mol. The van der Waals surface area contributed by atoms with Crippen molar-refractivity contribution in [3.05, 3.63) is 22.5 Å². The Morgan fingerprint density at radius 1 is 1.39 bits per heavy atom. The number of aromatic nitrogens is 2. The van der Waals surface area contributed by atoms with Crippen LogP contribution in [0.15, 0.2) is 5.38 Å². The summed E-state index contributed by atoms with van der Waals surface area (Å²) in [5.41, 5.74) is 4.09. The number of thiazole rings is 1. The number of hydrogen-bond acceptors (Lipinski definition) is 3. The first kappa shape index (κ1) is 13.6. The summed E-state index contributed by atoms with van der Waals surface area (Å²) in [5.74, 6) is 0. The zero-order chi connectivity index (χ0) is 13.3. The van der Waals surface area contributed by atoms with Crippen LogP contribution in [0.25, 0.3) is 4.96 Å². The Morgan fingerprint density at radius 2 is 2.11 bits per heavy atom. The number of imidazole rings is 1. The normalized spacial score (nSPS) is 12.5. The molecule has 0 saturated heterocycles. The summed E-state index contributed by atoms with van der Waals surface area (Å²) in [7, 11) is 0. The van der Waals surface area contributed by atoms with Crippen LogP contribution in [0.4, 0.5) is 0 Å². The highest BCUT2D eigenvalue weighted by Gasteiger charge is 2.16. The molecule has 4 heteroatoms. The van der Waals surface area contributed by atoms with E-state index in [1.54, 1.807) is 11.3 Å². The van der Waals surface area contributed by atoms with E-state index in [1.165, 1.54) is 17.8 Å². The zero-order valence-corrected chi connectivity index (χ0v) is 12.8. The van der Waals surface area contributed by atoms with Crippen molar-refractivity contribution in [3.63, 3.8) is 0 Å². The predicted octanol–water partition coefficient (Wildman–Crippen LogP) is 3.54. The lowest BCUT2D eigenvalue weighted by Crippen LogP contribution is -2.29. The van der Waals surface area contributed by atoms with Crippen molar-refractivity contribution >= 4 is 16.3 Å².